The van der Waals surface area contributed by atoms with Crippen molar-refractivity contribution in [2.24, 2.45) is 0 Å². The maximum absolute atomic E-state index is 6.43. The van der Waals surface area contributed by atoms with Gasteiger partial charge in [-0.2, -0.15) is 0 Å². The standard InChI is InChI=1S/C31H36N6O/c32-30-29-28(22-8-14-27(15-9-22)38-26-6-2-1-3-7-26)20-37(31(29)34-21-33-30)24-12-10-23(11-13-24)36-18-17-35-16-4-5-25(35)19-36/h1-3,6-9,14-15,20-21,23-25H,4-5,10-13,16-19H2,(H2,32,33,34)/t23-,24-,25-/m1/s1. The normalized spacial score (nSPS) is 24.5. The highest BCUT2D eigenvalue weighted by atomic mass is 16.5. The second kappa shape index (κ2) is 10.0. The first-order valence-electron chi connectivity index (χ1n) is 14.2. The Bertz CT molecular complexity index is 1390. The van der Waals surface area contributed by atoms with E-state index >= 15 is 0 Å². The number of para-hydroxylation sites is 1. The fourth-order valence-electron chi connectivity index (χ4n) is 6.98. The summed E-state index contributed by atoms with van der Waals surface area (Å²) in [5.74, 6) is 2.18. The van der Waals surface area contributed by atoms with E-state index in [-0.39, 0.29) is 0 Å². The molecule has 2 aliphatic heterocycles. The van der Waals surface area contributed by atoms with Gasteiger partial charge in [0.05, 0.1) is 5.39 Å². The molecule has 196 valence electrons. The lowest BCUT2D eigenvalue weighted by Gasteiger charge is -2.44. The van der Waals surface area contributed by atoms with E-state index in [1.54, 1.807) is 6.33 Å². The largest absolute Gasteiger partial charge is 0.457 e. The fraction of sp³-hybridized carbons (Fsp3) is 0.419. The van der Waals surface area contributed by atoms with Gasteiger partial charge in [-0.3, -0.25) is 9.80 Å². The average Bonchev–Trinajstić information content (AvgIpc) is 3.60. The molecule has 4 heterocycles. The number of nitrogens with two attached hydrogens (primary N) is 1. The highest BCUT2D eigenvalue weighted by Gasteiger charge is 2.35. The summed E-state index contributed by atoms with van der Waals surface area (Å²) < 4.78 is 8.38. The second-order valence-corrected chi connectivity index (χ2v) is 11.1. The molecule has 0 spiro atoms. The van der Waals surface area contributed by atoms with Crippen molar-refractivity contribution in [2.45, 2.75) is 56.7 Å². The van der Waals surface area contributed by atoms with E-state index in [9.17, 15) is 0 Å². The van der Waals surface area contributed by atoms with Crippen molar-refractivity contribution in [3.05, 3.63) is 67.1 Å². The van der Waals surface area contributed by atoms with Crippen molar-refractivity contribution in [1.29, 1.82) is 0 Å². The SMILES string of the molecule is Nc1ncnc2c1c(-c1ccc(Oc3ccccc3)cc1)cn2[C@H]1CC[C@H](N2CCN3CCC[C@@H]3C2)CC1. The molecule has 38 heavy (non-hydrogen) atoms. The van der Waals surface area contributed by atoms with Crippen LogP contribution in [0.5, 0.6) is 11.5 Å². The third kappa shape index (κ3) is 4.44. The predicted octanol–water partition coefficient (Wildman–Crippen LogP) is 5.74. The molecule has 2 aromatic carbocycles. The first kappa shape index (κ1) is 23.7. The Morgan fingerprint density at radius 1 is 0.737 bits per heavy atom. The van der Waals surface area contributed by atoms with Crippen LogP contribution in [0.3, 0.4) is 0 Å². The molecule has 1 aliphatic carbocycles. The van der Waals surface area contributed by atoms with Crippen LogP contribution in [-0.4, -0.2) is 62.6 Å². The molecule has 3 aliphatic rings. The highest BCUT2D eigenvalue weighted by molar-refractivity contribution is 6.00. The zero-order valence-electron chi connectivity index (χ0n) is 21.9. The lowest BCUT2D eigenvalue weighted by atomic mass is 9.89. The van der Waals surface area contributed by atoms with E-state index in [0.717, 1.165) is 39.7 Å². The van der Waals surface area contributed by atoms with Crippen LogP contribution in [0.25, 0.3) is 22.2 Å². The summed E-state index contributed by atoms with van der Waals surface area (Å²) in [6.07, 6.45) is 11.5. The Morgan fingerprint density at radius 2 is 1.47 bits per heavy atom. The van der Waals surface area contributed by atoms with Crippen LogP contribution in [-0.2, 0) is 0 Å². The molecule has 7 nitrogen and oxygen atoms in total. The van der Waals surface area contributed by atoms with Gasteiger partial charge in [-0.15, -0.1) is 0 Å². The van der Waals surface area contributed by atoms with Crippen molar-refractivity contribution in [3.8, 4) is 22.6 Å². The molecule has 3 fully saturated rings. The molecule has 2 aromatic heterocycles. The summed E-state index contributed by atoms with van der Waals surface area (Å²) in [6, 6.07) is 20.0. The molecular formula is C31H36N6O. The zero-order chi connectivity index (χ0) is 25.5. The molecule has 0 bridgehead atoms. The number of rotatable bonds is 5. The third-order valence-electron chi connectivity index (χ3n) is 8.98. The number of piperazine rings is 1. The summed E-state index contributed by atoms with van der Waals surface area (Å²) in [5, 5.41) is 0.948. The number of fused-ring (bicyclic) bond motifs is 2. The van der Waals surface area contributed by atoms with Crippen LogP contribution in [0.2, 0.25) is 0 Å². The minimum Gasteiger partial charge on any atom is -0.457 e. The molecule has 0 unspecified atom stereocenters. The van der Waals surface area contributed by atoms with Gasteiger partial charge in [-0.25, -0.2) is 9.97 Å². The summed E-state index contributed by atoms with van der Waals surface area (Å²) >= 11 is 0. The number of ether oxygens (including phenoxy) is 1. The van der Waals surface area contributed by atoms with E-state index in [4.69, 9.17) is 15.5 Å². The summed E-state index contributed by atoms with van der Waals surface area (Å²) in [4.78, 5) is 14.6. The molecule has 7 rings (SSSR count). The number of hydrogen-bond acceptors (Lipinski definition) is 6. The van der Waals surface area contributed by atoms with Gasteiger partial charge in [0.15, 0.2) is 0 Å². The van der Waals surface area contributed by atoms with Gasteiger partial charge in [0.25, 0.3) is 0 Å². The molecular weight excluding hydrogens is 472 g/mol. The molecule has 0 amide bonds. The number of nitrogen functional groups attached to an aromatic ring is 1. The van der Waals surface area contributed by atoms with E-state index in [0.29, 0.717) is 17.9 Å². The quantitative estimate of drug-likeness (QED) is 0.371. The Balaban J connectivity index is 1.11. The van der Waals surface area contributed by atoms with Crippen molar-refractivity contribution in [2.75, 3.05) is 31.9 Å². The fourth-order valence-corrected chi connectivity index (χ4v) is 6.98. The van der Waals surface area contributed by atoms with Gasteiger partial charge in [-0.05, 0) is 74.9 Å². The van der Waals surface area contributed by atoms with Crippen molar-refractivity contribution >= 4 is 16.9 Å². The van der Waals surface area contributed by atoms with Gasteiger partial charge < -0.3 is 15.0 Å². The van der Waals surface area contributed by atoms with Crippen LogP contribution >= 0.6 is 0 Å². The van der Waals surface area contributed by atoms with Gasteiger partial charge in [-0.1, -0.05) is 30.3 Å². The van der Waals surface area contributed by atoms with Crippen LogP contribution in [0.4, 0.5) is 5.82 Å². The van der Waals surface area contributed by atoms with Crippen molar-refractivity contribution < 1.29 is 4.74 Å². The number of anilines is 1. The van der Waals surface area contributed by atoms with Gasteiger partial charge in [0, 0.05) is 49.5 Å². The van der Waals surface area contributed by atoms with Gasteiger partial charge in [0.2, 0.25) is 0 Å². The van der Waals surface area contributed by atoms with Gasteiger partial charge in [0.1, 0.15) is 29.3 Å². The van der Waals surface area contributed by atoms with E-state index in [2.05, 4.69) is 37.7 Å². The maximum Gasteiger partial charge on any atom is 0.146 e. The van der Waals surface area contributed by atoms with Crippen molar-refractivity contribution in [3.63, 3.8) is 0 Å². The lowest BCUT2D eigenvalue weighted by Crippen LogP contribution is -2.54. The molecule has 2 saturated heterocycles. The summed E-state index contributed by atoms with van der Waals surface area (Å²) in [6.45, 7) is 5.06. The van der Waals surface area contributed by atoms with Crippen LogP contribution in [0.15, 0.2) is 67.1 Å². The van der Waals surface area contributed by atoms with E-state index < -0.39 is 0 Å². The van der Waals surface area contributed by atoms with Crippen LogP contribution in [0, 0.1) is 0 Å². The maximum atomic E-state index is 6.43. The first-order chi connectivity index (χ1) is 18.7. The number of aromatic nitrogens is 3. The first-order valence-corrected chi connectivity index (χ1v) is 14.2. The average molecular weight is 509 g/mol. The third-order valence-corrected chi connectivity index (χ3v) is 8.98. The Labute approximate surface area is 224 Å². The van der Waals surface area contributed by atoms with Crippen molar-refractivity contribution in [1.82, 2.24) is 24.3 Å². The minimum absolute atomic E-state index is 0.435. The predicted molar refractivity (Wildman–Crippen MR) is 151 cm³/mol. The minimum atomic E-state index is 0.435. The second-order valence-electron chi connectivity index (χ2n) is 11.1. The number of benzene rings is 2. The molecule has 1 atom stereocenters. The van der Waals surface area contributed by atoms with E-state index in [1.165, 1.54) is 64.7 Å². The van der Waals surface area contributed by atoms with Crippen LogP contribution in [0.1, 0.15) is 44.6 Å². The van der Waals surface area contributed by atoms with E-state index in [1.807, 2.05) is 42.5 Å². The monoisotopic (exact) mass is 508 g/mol. The Hall–Kier alpha value is -3.42. The molecule has 7 heteroatoms. The summed E-state index contributed by atoms with van der Waals surface area (Å²) in [5.41, 5.74) is 9.56. The smallest absolute Gasteiger partial charge is 0.146 e. The molecule has 0 radical (unpaired) electrons. The zero-order valence-corrected chi connectivity index (χ0v) is 21.9. The number of hydrogen-bond donors (Lipinski definition) is 1. The Morgan fingerprint density at radius 3 is 2.29 bits per heavy atom. The molecule has 2 N–H and O–H groups in total. The topological polar surface area (TPSA) is 72.4 Å². The Kier molecular flexibility index (Phi) is 6.26. The summed E-state index contributed by atoms with van der Waals surface area (Å²) in [7, 11) is 0. The lowest BCUT2D eigenvalue weighted by molar-refractivity contribution is 0.0516. The molecule has 1 saturated carbocycles. The van der Waals surface area contributed by atoms with Crippen LogP contribution < -0.4 is 10.5 Å². The molecule has 4 aromatic rings. The number of nitrogens with zero attached hydrogens (tertiary/aromatic N) is 5. The van der Waals surface area contributed by atoms with Gasteiger partial charge >= 0.3 is 0 Å². The highest BCUT2D eigenvalue weighted by Crippen LogP contribution is 2.40.